The zero-order valence-corrected chi connectivity index (χ0v) is 16.4. The van der Waals surface area contributed by atoms with Gasteiger partial charge in [-0.05, 0) is 20.5 Å². The van der Waals surface area contributed by atoms with Gasteiger partial charge in [-0.25, -0.2) is 17.6 Å². The zero-order chi connectivity index (χ0) is 22.7. The van der Waals surface area contributed by atoms with Crippen molar-refractivity contribution in [2.45, 2.75) is 18.9 Å². The van der Waals surface area contributed by atoms with Crippen molar-refractivity contribution < 1.29 is 36.7 Å². The highest BCUT2D eigenvalue weighted by Gasteiger charge is 2.36. The summed E-state index contributed by atoms with van der Waals surface area (Å²) in [6.07, 6.45) is -0.277. The summed E-state index contributed by atoms with van der Waals surface area (Å²) in [6.45, 7) is 0.327. The minimum atomic E-state index is -2.27. The third-order valence-corrected chi connectivity index (χ3v) is 4.48. The molecule has 4 amide bonds. The summed E-state index contributed by atoms with van der Waals surface area (Å²) < 4.78 is 56.5. The molecule has 1 aromatic carbocycles. The highest BCUT2D eigenvalue weighted by Crippen LogP contribution is 2.26. The maximum absolute atomic E-state index is 14.4. The van der Waals surface area contributed by atoms with Crippen LogP contribution in [0, 0.1) is 23.3 Å². The van der Waals surface area contributed by atoms with Gasteiger partial charge in [-0.1, -0.05) is 0 Å². The maximum Gasteiger partial charge on any atom is 0.257 e. The average molecular weight is 432 g/mol. The van der Waals surface area contributed by atoms with Crippen molar-refractivity contribution in [3.8, 4) is 0 Å². The molecule has 0 spiro atoms. The van der Waals surface area contributed by atoms with Gasteiger partial charge in [0, 0.05) is 26.6 Å². The van der Waals surface area contributed by atoms with Crippen LogP contribution in [-0.4, -0.2) is 73.7 Å². The van der Waals surface area contributed by atoms with E-state index in [1.54, 1.807) is 19.0 Å². The Morgan fingerprint density at radius 3 is 2.07 bits per heavy atom. The quantitative estimate of drug-likeness (QED) is 0.294. The third kappa shape index (κ3) is 4.75. The Labute approximate surface area is 169 Å². The number of likely N-dealkylation sites (N-methyl/N-ethyl adjacent to an activating group) is 2. The number of rotatable bonds is 6. The van der Waals surface area contributed by atoms with E-state index in [2.05, 4.69) is 0 Å². The van der Waals surface area contributed by atoms with Crippen molar-refractivity contribution >= 4 is 23.6 Å². The Bertz CT molecular complexity index is 907. The van der Waals surface area contributed by atoms with Gasteiger partial charge in [-0.15, -0.1) is 0 Å². The lowest BCUT2D eigenvalue weighted by Gasteiger charge is -2.24. The average Bonchev–Trinajstić information content (AvgIpc) is 2.68. The van der Waals surface area contributed by atoms with Crippen LogP contribution in [0.1, 0.15) is 33.6 Å². The molecule has 1 heterocycles. The number of imide groups is 1. The number of piperidine rings is 1. The molecule has 1 saturated heterocycles. The fourth-order valence-corrected chi connectivity index (χ4v) is 2.75. The first-order valence-corrected chi connectivity index (χ1v) is 8.86. The lowest BCUT2D eigenvalue weighted by Crippen LogP contribution is -2.52. The second-order valence-corrected chi connectivity index (χ2v) is 7.01. The van der Waals surface area contributed by atoms with Crippen molar-refractivity contribution in [1.82, 2.24) is 20.4 Å². The summed E-state index contributed by atoms with van der Waals surface area (Å²) in [5.41, 5.74) is -2.66. The van der Waals surface area contributed by atoms with Gasteiger partial charge in [0.1, 0.15) is 6.04 Å². The van der Waals surface area contributed by atoms with Gasteiger partial charge in [0.25, 0.3) is 11.8 Å². The fraction of sp³-hybridized carbons (Fsp3) is 0.444. The van der Waals surface area contributed by atoms with E-state index in [1.807, 2.05) is 10.6 Å². The van der Waals surface area contributed by atoms with E-state index in [0.717, 1.165) is 4.90 Å². The number of hydrogen-bond donors (Lipinski definition) is 2. The van der Waals surface area contributed by atoms with Crippen LogP contribution in [0.5, 0.6) is 0 Å². The molecule has 1 aromatic rings. The van der Waals surface area contributed by atoms with E-state index in [-0.39, 0.29) is 19.4 Å². The molecular weight excluding hydrogens is 412 g/mol. The standard InChI is InChI=1S/C18H20F4N4O4/c1-25(2)6-7-26(3)18(30)11-10(12(19)14(21)15(22)13(11)20)17(29)23-8-4-5-9(27)24-16(8)28/h8H,4-7H2,1-3H3,(H,23,29)(H,24,27,28). The lowest BCUT2D eigenvalue weighted by molar-refractivity contribution is -0.134. The number of nitrogens with one attached hydrogen (secondary N) is 2. The van der Waals surface area contributed by atoms with Crippen LogP contribution in [0.25, 0.3) is 0 Å². The number of benzene rings is 1. The Morgan fingerprint density at radius 2 is 1.53 bits per heavy atom. The Kier molecular flexibility index (Phi) is 7.13. The molecule has 0 aliphatic carbocycles. The number of carbonyl (C=O) groups is 4. The first-order valence-electron chi connectivity index (χ1n) is 8.86. The number of hydrogen-bond acceptors (Lipinski definition) is 5. The predicted octanol–water partition coefficient (Wildman–Crippen LogP) is 0.412. The predicted molar refractivity (Wildman–Crippen MR) is 95.4 cm³/mol. The van der Waals surface area contributed by atoms with E-state index >= 15 is 0 Å². The number of carbonyl (C=O) groups excluding carboxylic acids is 4. The van der Waals surface area contributed by atoms with Gasteiger partial charge in [0.2, 0.25) is 11.8 Å². The molecule has 1 atom stereocenters. The van der Waals surface area contributed by atoms with Crippen LogP contribution < -0.4 is 10.6 Å². The molecule has 30 heavy (non-hydrogen) atoms. The maximum atomic E-state index is 14.4. The van der Waals surface area contributed by atoms with E-state index < -0.39 is 64.1 Å². The van der Waals surface area contributed by atoms with Crippen molar-refractivity contribution in [3.05, 3.63) is 34.4 Å². The van der Waals surface area contributed by atoms with Crippen LogP contribution in [0.2, 0.25) is 0 Å². The van der Waals surface area contributed by atoms with Gasteiger partial charge >= 0.3 is 0 Å². The van der Waals surface area contributed by atoms with Gasteiger partial charge < -0.3 is 15.1 Å². The Hall–Kier alpha value is -3.02. The molecule has 0 radical (unpaired) electrons. The van der Waals surface area contributed by atoms with E-state index in [1.165, 1.54) is 7.05 Å². The normalized spacial score (nSPS) is 16.5. The molecule has 0 saturated carbocycles. The van der Waals surface area contributed by atoms with Crippen LogP contribution in [0.15, 0.2) is 0 Å². The summed E-state index contributed by atoms with van der Waals surface area (Å²) in [4.78, 5) is 50.7. The summed E-state index contributed by atoms with van der Waals surface area (Å²) in [5.74, 6) is -12.8. The van der Waals surface area contributed by atoms with Crippen molar-refractivity contribution in [2.75, 3.05) is 34.2 Å². The molecule has 1 aliphatic heterocycles. The molecule has 1 unspecified atom stereocenters. The van der Waals surface area contributed by atoms with E-state index in [4.69, 9.17) is 0 Å². The minimum absolute atomic E-state index is 0.0140. The summed E-state index contributed by atoms with van der Waals surface area (Å²) in [6, 6.07) is -1.31. The SMILES string of the molecule is CN(C)CCN(C)C(=O)c1c(F)c(F)c(F)c(F)c1C(=O)NC1CCC(=O)NC1=O. The Morgan fingerprint density at radius 1 is 0.967 bits per heavy atom. The van der Waals surface area contributed by atoms with Crippen LogP contribution in [0.4, 0.5) is 17.6 Å². The number of halogens is 4. The number of amides is 4. The Balaban J connectivity index is 2.45. The first kappa shape index (κ1) is 23.3. The largest absolute Gasteiger partial charge is 0.340 e. The third-order valence-electron chi connectivity index (χ3n) is 4.48. The van der Waals surface area contributed by atoms with Gasteiger partial charge in [-0.2, -0.15) is 0 Å². The van der Waals surface area contributed by atoms with E-state index in [0.29, 0.717) is 6.54 Å². The number of nitrogens with zero attached hydrogens (tertiary/aromatic N) is 2. The highest BCUT2D eigenvalue weighted by atomic mass is 19.2. The minimum Gasteiger partial charge on any atom is -0.340 e. The van der Waals surface area contributed by atoms with E-state index in [9.17, 15) is 36.7 Å². The van der Waals surface area contributed by atoms with Crippen LogP contribution in [-0.2, 0) is 9.59 Å². The molecule has 8 nitrogen and oxygen atoms in total. The second-order valence-electron chi connectivity index (χ2n) is 7.01. The van der Waals surface area contributed by atoms with Crippen molar-refractivity contribution in [2.24, 2.45) is 0 Å². The molecule has 1 aliphatic rings. The lowest BCUT2D eigenvalue weighted by atomic mass is 10.0. The second kappa shape index (κ2) is 9.20. The molecule has 1 fully saturated rings. The van der Waals surface area contributed by atoms with Gasteiger partial charge in [-0.3, -0.25) is 24.5 Å². The molecule has 2 N–H and O–H groups in total. The van der Waals surface area contributed by atoms with Crippen LogP contribution >= 0.6 is 0 Å². The van der Waals surface area contributed by atoms with Crippen molar-refractivity contribution in [1.29, 1.82) is 0 Å². The monoisotopic (exact) mass is 432 g/mol. The molecular formula is C18H20F4N4O4. The highest BCUT2D eigenvalue weighted by molar-refractivity contribution is 6.09. The fourth-order valence-electron chi connectivity index (χ4n) is 2.75. The summed E-state index contributed by atoms with van der Waals surface area (Å²) >= 11 is 0. The summed E-state index contributed by atoms with van der Waals surface area (Å²) in [7, 11) is 4.59. The van der Waals surface area contributed by atoms with Gasteiger partial charge in [0.05, 0.1) is 11.1 Å². The van der Waals surface area contributed by atoms with Crippen molar-refractivity contribution in [3.63, 3.8) is 0 Å². The molecule has 0 aromatic heterocycles. The topological polar surface area (TPSA) is 98.8 Å². The van der Waals surface area contributed by atoms with Crippen LogP contribution in [0.3, 0.4) is 0 Å². The molecule has 12 heteroatoms. The molecule has 0 bridgehead atoms. The smallest absolute Gasteiger partial charge is 0.257 e. The van der Waals surface area contributed by atoms with Gasteiger partial charge in [0.15, 0.2) is 23.3 Å². The first-order chi connectivity index (χ1) is 14.0. The molecule has 2 rings (SSSR count). The molecule has 164 valence electrons. The summed E-state index contributed by atoms with van der Waals surface area (Å²) in [5, 5.41) is 3.97. The zero-order valence-electron chi connectivity index (χ0n) is 16.4.